The van der Waals surface area contributed by atoms with Crippen LogP contribution < -0.4 is 9.47 Å². The van der Waals surface area contributed by atoms with Gasteiger partial charge in [0.1, 0.15) is 24.7 Å². The van der Waals surface area contributed by atoms with Crippen molar-refractivity contribution in [2.75, 3.05) is 20.3 Å². The summed E-state index contributed by atoms with van der Waals surface area (Å²) in [7, 11) is 1.60. The Hall–Kier alpha value is -3.00. The van der Waals surface area contributed by atoms with Crippen molar-refractivity contribution >= 4 is 5.97 Å². The van der Waals surface area contributed by atoms with E-state index >= 15 is 0 Å². The molecule has 0 bridgehead atoms. The predicted octanol–water partition coefficient (Wildman–Crippen LogP) is 2.80. The summed E-state index contributed by atoms with van der Waals surface area (Å²) in [6.07, 6.45) is 0. The monoisotopic (exact) mass is 297 g/mol. The van der Waals surface area contributed by atoms with Gasteiger partial charge in [0.15, 0.2) is 0 Å². The lowest BCUT2D eigenvalue weighted by molar-refractivity contribution is 0.0450. The van der Waals surface area contributed by atoms with Crippen molar-refractivity contribution in [1.29, 1.82) is 5.26 Å². The number of hydrogen-bond acceptors (Lipinski definition) is 5. The molecule has 0 fully saturated rings. The van der Waals surface area contributed by atoms with Gasteiger partial charge in [-0.3, -0.25) is 0 Å². The minimum Gasteiger partial charge on any atom is -0.497 e. The highest BCUT2D eigenvalue weighted by Crippen LogP contribution is 2.16. The fourth-order valence-electron chi connectivity index (χ4n) is 1.73. The molecule has 0 N–H and O–H groups in total. The Bertz CT molecular complexity index is 657. The highest BCUT2D eigenvalue weighted by molar-refractivity contribution is 5.89. The first kappa shape index (κ1) is 15.4. The van der Waals surface area contributed by atoms with E-state index in [9.17, 15) is 4.79 Å². The Morgan fingerprint density at radius 1 is 1.00 bits per heavy atom. The summed E-state index contributed by atoms with van der Waals surface area (Å²) < 4.78 is 15.6. The molecule has 2 aromatic carbocycles. The summed E-state index contributed by atoms with van der Waals surface area (Å²) in [5.41, 5.74) is 0.905. The van der Waals surface area contributed by atoms with Crippen LogP contribution in [0.4, 0.5) is 0 Å². The van der Waals surface area contributed by atoms with Gasteiger partial charge < -0.3 is 14.2 Å². The molecule has 0 atom stereocenters. The Labute approximate surface area is 128 Å². The largest absolute Gasteiger partial charge is 0.497 e. The second kappa shape index (κ2) is 7.70. The van der Waals surface area contributed by atoms with Crippen molar-refractivity contribution in [3.8, 4) is 17.6 Å². The number of carbonyl (C=O) groups is 1. The smallest absolute Gasteiger partial charge is 0.338 e. The lowest BCUT2D eigenvalue weighted by atomic mass is 10.1. The molecule has 2 rings (SSSR count). The molecule has 0 heterocycles. The molecule has 0 amide bonds. The van der Waals surface area contributed by atoms with Gasteiger partial charge in [0.25, 0.3) is 0 Å². The Morgan fingerprint density at radius 3 is 2.23 bits per heavy atom. The van der Waals surface area contributed by atoms with E-state index in [0.29, 0.717) is 16.9 Å². The minimum atomic E-state index is -0.442. The number of esters is 1. The zero-order valence-electron chi connectivity index (χ0n) is 12.1. The first-order valence-corrected chi connectivity index (χ1v) is 6.67. The molecule has 22 heavy (non-hydrogen) atoms. The molecule has 5 nitrogen and oxygen atoms in total. The highest BCUT2D eigenvalue weighted by atomic mass is 16.6. The highest BCUT2D eigenvalue weighted by Gasteiger charge is 2.06. The van der Waals surface area contributed by atoms with Crippen molar-refractivity contribution in [3.05, 3.63) is 59.7 Å². The molecule has 0 aliphatic rings. The molecule has 0 aromatic heterocycles. The SMILES string of the molecule is COc1ccc(OCCOC(=O)c2ccc(C#N)cc2)cc1. The zero-order valence-corrected chi connectivity index (χ0v) is 12.1. The average Bonchev–Trinajstić information content (AvgIpc) is 2.59. The van der Waals surface area contributed by atoms with Gasteiger partial charge in [0, 0.05) is 0 Å². The molecule has 0 aliphatic heterocycles. The quantitative estimate of drug-likeness (QED) is 0.606. The number of hydrogen-bond donors (Lipinski definition) is 0. The van der Waals surface area contributed by atoms with Crippen LogP contribution in [0.5, 0.6) is 11.5 Å². The standard InChI is InChI=1S/C17H15NO4/c1-20-15-6-8-16(9-7-15)21-10-11-22-17(19)14-4-2-13(12-18)3-5-14/h2-9H,10-11H2,1H3. The van der Waals surface area contributed by atoms with Crippen LogP contribution in [-0.4, -0.2) is 26.3 Å². The second-order valence-electron chi connectivity index (χ2n) is 4.35. The lowest BCUT2D eigenvalue weighted by Crippen LogP contribution is -2.12. The third-order valence-corrected chi connectivity index (χ3v) is 2.89. The Morgan fingerprint density at radius 2 is 1.64 bits per heavy atom. The summed E-state index contributed by atoms with van der Waals surface area (Å²) >= 11 is 0. The molecule has 0 aliphatic carbocycles. The molecule has 0 spiro atoms. The van der Waals surface area contributed by atoms with Crippen LogP contribution in [0.2, 0.25) is 0 Å². The van der Waals surface area contributed by atoms with Gasteiger partial charge in [-0.05, 0) is 48.5 Å². The number of nitrogens with zero attached hydrogens (tertiary/aromatic N) is 1. The van der Waals surface area contributed by atoms with Gasteiger partial charge in [-0.15, -0.1) is 0 Å². The van der Waals surface area contributed by atoms with Gasteiger partial charge in [-0.2, -0.15) is 5.26 Å². The molecule has 0 saturated heterocycles. The molecule has 2 aromatic rings. The van der Waals surface area contributed by atoms with E-state index in [2.05, 4.69) is 0 Å². The third kappa shape index (κ3) is 4.25. The van der Waals surface area contributed by atoms with Gasteiger partial charge in [0.2, 0.25) is 0 Å². The number of benzene rings is 2. The minimum absolute atomic E-state index is 0.144. The first-order valence-electron chi connectivity index (χ1n) is 6.67. The molecule has 112 valence electrons. The fraction of sp³-hybridized carbons (Fsp3) is 0.176. The predicted molar refractivity (Wildman–Crippen MR) is 79.9 cm³/mol. The summed E-state index contributed by atoms with van der Waals surface area (Å²) in [6.45, 7) is 0.402. The third-order valence-electron chi connectivity index (χ3n) is 2.89. The van der Waals surface area contributed by atoms with Crippen LogP contribution in [0.15, 0.2) is 48.5 Å². The number of nitriles is 1. The van der Waals surface area contributed by atoms with E-state index in [1.54, 1.807) is 55.6 Å². The topological polar surface area (TPSA) is 68.6 Å². The summed E-state index contributed by atoms with van der Waals surface area (Å²) in [5, 5.41) is 8.69. The average molecular weight is 297 g/mol. The normalized spacial score (nSPS) is 9.64. The van der Waals surface area contributed by atoms with E-state index in [4.69, 9.17) is 19.5 Å². The molecular weight excluding hydrogens is 282 g/mol. The Balaban J connectivity index is 1.75. The van der Waals surface area contributed by atoms with Crippen LogP contribution in [0.1, 0.15) is 15.9 Å². The van der Waals surface area contributed by atoms with Crippen molar-refractivity contribution in [2.45, 2.75) is 0 Å². The lowest BCUT2D eigenvalue weighted by Gasteiger charge is -2.08. The van der Waals surface area contributed by atoms with E-state index in [-0.39, 0.29) is 13.2 Å². The number of carbonyl (C=O) groups excluding carboxylic acids is 1. The maximum Gasteiger partial charge on any atom is 0.338 e. The second-order valence-corrected chi connectivity index (χ2v) is 4.35. The van der Waals surface area contributed by atoms with Crippen molar-refractivity contribution in [1.82, 2.24) is 0 Å². The van der Waals surface area contributed by atoms with E-state index in [0.717, 1.165) is 5.75 Å². The number of methoxy groups -OCH3 is 1. The van der Waals surface area contributed by atoms with Crippen LogP contribution in [0, 0.1) is 11.3 Å². The van der Waals surface area contributed by atoms with Crippen LogP contribution >= 0.6 is 0 Å². The van der Waals surface area contributed by atoms with Crippen LogP contribution in [0.3, 0.4) is 0 Å². The van der Waals surface area contributed by atoms with Gasteiger partial charge in [-0.25, -0.2) is 4.79 Å². The summed E-state index contributed by atoms with van der Waals surface area (Å²) in [4.78, 5) is 11.8. The van der Waals surface area contributed by atoms with E-state index < -0.39 is 5.97 Å². The summed E-state index contributed by atoms with van der Waals surface area (Å²) in [6, 6.07) is 15.4. The molecule has 5 heteroatoms. The maximum atomic E-state index is 11.8. The first-order chi connectivity index (χ1) is 10.7. The molecule has 0 unspecified atom stereocenters. The van der Waals surface area contributed by atoms with Crippen molar-refractivity contribution in [3.63, 3.8) is 0 Å². The molecular formula is C17H15NO4. The van der Waals surface area contributed by atoms with Crippen molar-refractivity contribution in [2.24, 2.45) is 0 Å². The van der Waals surface area contributed by atoms with E-state index in [1.807, 2.05) is 6.07 Å². The van der Waals surface area contributed by atoms with Crippen molar-refractivity contribution < 1.29 is 19.0 Å². The Kier molecular flexibility index (Phi) is 5.38. The van der Waals surface area contributed by atoms with Gasteiger partial charge >= 0.3 is 5.97 Å². The van der Waals surface area contributed by atoms with E-state index in [1.165, 1.54) is 0 Å². The fourth-order valence-corrected chi connectivity index (χ4v) is 1.73. The zero-order chi connectivity index (χ0) is 15.8. The van der Waals surface area contributed by atoms with Gasteiger partial charge in [0.05, 0.1) is 24.3 Å². The molecule has 0 radical (unpaired) electrons. The van der Waals surface area contributed by atoms with Crippen LogP contribution in [-0.2, 0) is 4.74 Å². The summed E-state index contributed by atoms with van der Waals surface area (Å²) in [5.74, 6) is 0.984. The maximum absolute atomic E-state index is 11.8. The number of rotatable bonds is 6. The number of ether oxygens (including phenoxy) is 3. The van der Waals surface area contributed by atoms with Gasteiger partial charge in [-0.1, -0.05) is 0 Å². The van der Waals surface area contributed by atoms with Crippen LogP contribution in [0.25, 0.3) is 0 Å². The molecule has 0 saturated carbocycles.